The number of benzene rings is 1. The Balaban J connectivity index is 0.00000334. The molecular formula is C29H40N6O2. The Labute approximate surface area is 221 Å². The monoisotopic (exact) mass is 504 g/mol. The van der Waals surface area contributed by atoms with Crippen LogP contribution in [0.5, 0.6) is 0 Å². The van der Waals surface area contributed by atoms with E-state index < -0.39 is 0 Å². The van der Waals surface area contributed by atoms with Crippen molar-refractivity contribution in [1.82, 2.24) is 14.8 Å². The van der Waals surface area contributed by atoms with Crippen molar-refractivity contribution in [1.29, 1.82) is 0 Å². The summed E-state index contributed by atoms with van der Waals surface area (Å²) in [5, 5.41) is 9.95. The molecule has 8 nitrogen and oxygen atoms in total. The molecule has 1 heterocycles. The van der Waals surface area contributed by atoms with Crippen LogP contribution >= 0.6 is 0 Å². The molecule has 1 aromatic carbocycles. The summed E-state index contributed by atoms with van der Waals surface area (Å²) >= 11 is 0. The first-order chi connectivity index (χ1) is 17.8. The number of hydrogen-bond donors (Lipinski definition) is 0. The Morgan fingerprint density at radius 3 is 2.41 bits per heavy atom. The summed E-state index contributed by atoms with van der Waals surface area (Å²) in [6.07, 6.45) is 8.99. The van der Waals surface area contributed by atoms with E-state index in [1.807, 2.05) is 71.2 Å². The molecule has 0 unspecified atom stereocenters. The number of ether oxygens (including phenoxy) is 2. The number of allylic oxidation sites excluding steroid dienone is 5. The summed E-state index contributed by atoms with van der Waals surface area (Å²) in [7, 11) is 5.12. The standard InChI is InChI=1S/C27H34N6O2.C2H6/c1-9-20(2)10-11-21(3)35-18-26-25(16-30-32(26)7)27(34-8)31-22(4)24-14-12-23(13-15-24)17-33(29-6)19-28-5;1-2/h9-16,19H,1,4,6,17-18H2,2-3,5,7-8H3;1-2H3/b20-10-,21-11+,28-19?,31-27?;. The van der Waals surface area contributed by atoms with Gasteiger partial charge in [0.15, 0.2) is 0 Å². The second kappa shape index (κ2) is 16.5. The Morgan fingerprint density at radius 2 is 1.84 bits per heavy atom. The summed E-state index contributed by atoms with van der Waals surface area (Å²) in [5.41, 5.74) is 5.12. The molecule has 2 rings (SSSR count). The van der Waals surface area contributed by atoms with Crippen LogP contribution in [0.4, 0.5) is 0 Å². The molecule has 0 saturated heterocycles. The van der Waals surface area contributed by atoms with Crippen LogP contribution in [0, 0.1) is 0 Å². The molecule has 0 N–H and O–H groups in total. The van der Waals surface area contributed by atoms with Gasteiger partial charge in [-0.3, -0.25) is 14.7 Å². The van der Waals surface area contributed by atoms with E-state index in [2.05, 4.69) is 40.1 Å². The number of aromatic nitrogens is 2. The minimum atomic E-state index is 0.313. The topological polar surface area (TPSA) is 76.6 Å². The van der Waals surface area contributed by atoms with Crippen LogP contribution in [0.1, 0.15) is 50.1 Å². The Hall–Kier alpha value is -4.20. The molecule has 8 heteroatoms. The predicted molar refractivity (Wildman–Crippen MR) is 156 cm³/mol. The normalized spacial score (nSPS) is 12.0. The highest BCUT2D eigenvalue weighted by Gasteiger charge is 2.16. The second-order valence-electron chi connectivity index (χ2n) is 7.69. The summed E-state index contributed by atoms with van der Waals surface area (Å²) < 4.78 is 13.3. The molecule has 0 radical (unpaired) electrons. The quantitative estimate of drug-likeness (QED) is 0.114. The van der Waals surface area contributed by atoms with Gasteiger partial charge in [-0.25, -0.2) is 4.99 Å². The third-order valence-electron chi connectivity index (χ3n) is 5.12. The minimum Gasteiger partial charge on any atom is -0.492 e. The summed E-state index contributed by atoms with van der Waals surface area (Å²) in [5.74, 6) is 1.19. The van der Waals surface area contributed by atoms with E-state index in [1.54, 1.807) is 42.5 Å². The summed E-state index contributed by atoms with van der Waals surface area (Å²) in [6, 6.07) is 7.90. The van der Waals surface area contributed by atoms with Gasteiger partial charge in [-0.15, -0.1) is 0 Å². The third-order valence-corrected chi connectivity index (χ3v) is 5.12. The van der Waals surface area contributed by atoms with Crippen molar-refractivity contribution < 1.29 is 9.47 Å². The zero-order chi connectivity index (χ0) is 27.8. The van der Waals surface area contributed by atoms with Crippen LogP contribution in [-0.4, -0.2) is 47.9 Å². The molecule has 0 bridgehead atoms. The maximum Gasteiger partial charge on any atom is 0.224 e. The minimum absolute atomic E-state index is 0.313. The fourth-order valence-electron chi connectivity index (χ4n) is 3.01. The molecule has 0 aliphatic rings. The highest BCUT2D eigenvalue weighted by Crippen LogP contribution is 2.20. The summed E-state index contributed by atoms with van der Waals surface area (Å²) in [4.78, 5) is 8.61. The average Bonchev–Trinajstić information content (AvgIpc) is 3.29. The number of aryl methyl sites for hydroxylation is 1. The molecule has 0 aliphatic carbocycles. The van der Waals surface area contributed by atoms with Crippen molar-refractivity contribution in [2.45, 2.75) is 40.8 Å². The number of hydrogen-bond acceptors (Lipinski definition) is 6. The van der Waals surface area contributed by atoms with Crippen LogP contribution in [-0.2, 0) is 29.7 Å². The van der Waals surface area contributed by atoms with Gasteiger partial charge in [0.1, 0.15) is 12.9 Å². The lowest BCUT2D eigenvalue weighted by Gasteiger charge is -2.13. The number of aliphatic imine (C=N–C) groups is 2. The fraction of sp³-hybridized carbons (Fsp3) is 0.310. The van der Waals surface area contributed by atoms with Crippen molar-refractivity contribution in [2.75, 3.05) is 14.2 Å². The molecule has 2 aromatic rings. The molecule has 0 spiro atoms. The molecule has 0 aliphatic heterocycles. The molecular weight excluding hydrogens is 464 g/mol. The SMILES string of the molecule is C=C/C(C)=C\C=C(/C)OCc1c(C(=NC(=C)c2ccc(CN(C=NC)N=C)cc2)OC)cnn1C.CC. The van der Waals surface area contributed by atoms with Crippen LogP contribution in [0.3, 0.4) is 0 Å². The Kier molecular flexibility index (Phi) is 13.7. The predicted octanol–water partition coefficient (Wildman–Crippen LogP) is 6.14. The number of hydrazone groups is 1. The molecule has 0 amide bonds. The van der Waals surface area contributed by atoms with Crippen molar-refractivity contribution in [2.24, 2.45) is 22.1 Å². The molecule has 1 aromatic heterocycles. The highest BCUT2D eigenvalue weighted by molar-refractivity contribution is 5.98. The number of nitrogens with zero attached hydrogens (tertiary/aromatic N) is 6. The van der Waals surface area contributed by atoms with E-state index in [4.69, 9.17) is 9.47 Å². The van der Waals surface area contributed by atoms with Crippen molar-refractivity contribution >= 4 is 24.7 Å². The number of rotatable bonds is 12. The largest absolute Gasteiger partial charge is 0.492 e. The lowest BCUT2D eigenvalue weighted by atomic mass is 10.1. The maximum atomic E-state index is 5.92. The molecule has 37 heavy (non-hydrogen) atoms. The van der Waals surface area contributed by atoms with Crippen LogP contribution < -0.4 is 0 Å². The Bertz CT molecular complexity index is 1150. The zero-order valence-electron chi connectivity index (χ0n) is 23.2. The van der Waals surface area contributed by atoms with Gasteiger partial charge in [0, 0.05) is 20.8 Å². The van der Waals surface area contributed by atoms with Gasteiger partial charge >= 0.3 is 0 Å². The molecule has 0 fully saturated rings. The summed E-state index contributed by atoms with van der Waals surface area (Å²) in [6.45, 7) is 20.2. The van der Waals surface area contributed by atoms with Gasteiger partial charge < -0.3 is 9.47 Å². The van der Waals surface area contributed by atoms with Crippen LogP contribution in [0.15, 0.2) is 88.3 Å². The highest BCUT2D eigenvalue weighted by atomic mass is 16.5. The van der Waals surface area contributed by atoms with E-state index in [0.717, 1.165) is 33.7 Å². The van der Waals surface area contributed by atoms with Crippen molar-refractivity contribution in [3.05, 3.63) is 95.6 Å². The van der Waals surface area contributed by atoms with Crippen LogP contribution in [0.25, 0.3) is 5.70 Å². The number of methoxy groups -OCH3 is 1. The molecule has 0 saturated carbocycles. The Morgan fingerprint density at radius 1 is 1.16 bits per heavy atom. The average molecular weight is 505 g/mol. The fourth-order valence-corrected chi connectivity index (χ4v) is 3.01. The lowest BCUT2D eigenvalue weighted by Crippen LogP contribution is -2.13. The van der Waals surface area contributed by atoms with E-state index in [9.17, 15) is 0 Å². The van der Waals surface area contributed by atoms with Crippen molar-refractivity contribution in [3.63, 3.8) is 0 Å². The van der Waals surface area contributed by atoms with E-state index >= 15 is 0 Å². The maximum absolute atomic E-state index is 5.92. The van der Waals surface area contributed by atoms with E-state index in [-0.39, 0.29) is 0 Å². The lowest BCUT2D eigenvalue weighted by molar-refractivity contribution is 0.193. The van der Waals surface area contributed by atoms with Gasteiger partial charge in [0.2, 0.25) is 5.90 Å². The third kappa shape index (κ3) is 9.76. The van der Waals surface area contributed by atoms with Crippen molar-refractivity contribution in [3.8, 4) is 0 Å². The van der Waals surface area contributed by atoms with Gasteiger partial charge in [-0.1, -0.05) is 69.0 Å². The van der Waals surface area contributed by atoms with Crippen LogP contribution in [0.2, 0.25) is 0 Å². The first-order valence-electron chi connectivity index (χ1n) is 12.0. The molecule has 198 valence electrons. The van der Waals surface area contributed by atoms with E-state index in [0.29, 0.717) is 24.7 Å². The zero-order valence-corrected chi connectivity index (χ0v) is 23.2. The first kappa shape index (κ1) is 30.8. The second-order valence-corrected chi connectivity index (χ2v) is 7.69. The first-order valence-corrected chi connectivity index (χ1v) is 12.0. The molecule has 0 atom stereocenters. The van der Waals surface area contributed by atoms with Gasteiger partial charge in [0.25, 0.3) is 0 Å². The van der Waals surface area contributed by atoms with E-state index in [1.165, 1.54) is 0 Å². The van der Waals surface area contributed by atoms with Gasteiger partial charge in [-0.05, 0) is 31.1 Å². The smallest absolute Gasteiger partial charge is 0.224 e. The van der Waals surface area contributed by atoms with Gasteiger partial charge in [0.05, 0.1) is 42.6 Å². The van der Waals surface area contributed by atoms with Gasteiger partial charge in [-0.2, -0.15) is 10.2 Å².